The summed E-state index contributed by atoms with van der Waals surface area (Å²) >= 11 is 1.68. The van der Waals surface area contributed by atoms with Crippen LogP contribution in [0.4, 0.5) is 13.2 Å². The van der Waals surface area contributed by atoms with E-state index in [1.54, 1.807) is 11.8 Å². The number of thioether (sulfide) groups is 1. The number of alkyl halides is 3. The topological polar surface area (TPSA) is 20.2 Å². The third kappa shape index (κ3) is 2.79. The number of aliphatic hydroxyl groups excluding tert-OH is 1. The molecule has 1 saturated heterocycles. The lowest BCUT2D eigenvalue weighted by atomic mass is 9.87. The van der Waals surface area contributed by atoms with E-state index in [0.29, 0.717) is 0 Å². The van der Waals surface area contributed by atoms with Gasteiger partial charge in [-0.3, -0.25) is 0 Å². The van der Waals surface area contributed by atoms with Crippen molar-refractivity contribution in [1.29, 1.82) is 0 Å². The molecule has 0 aliphatic carbocycles. The first-order valence-corrected chi connectivity index (χ1v) is 5.61. The summed E-state index contributed by atoms with van der Waals surface area (Å²) in [4.78, 5) is 0. The fourth-order valence-corrected chi connectivity index (χ4v) is 3.11. The molecular formula is C9H15F3OS. The molecule has 1 N–H and O–H groups in total. The lowest BCUT2D eigenvalue weighted by Crippen LogP contribution is -2.34. The van der Waals surface area contributed by atoms with Crippen molar-refractivity contribution in [1.82, 2.24) is 0 Å². The van der Waals surface area contributed by atoms with E-state index in [-0.39, 0.29) is 17.1 Å². The first-order valence-electron chi connectivity index (χ1n) is 4.62. The highest BCUT2D eigenvalue weighted by Crippen LogP contribution is 2.45. The summed E-state index contributed by atoms with van der Waals surface area (Å²) in [7, 11) is 0. The Labute approximate surface area is 86.1 Å². The van der Waals surface area contributed by atoms with Crippen LogP contribution in [-0.4, -0.2) is 27.9 Å². The molecule has 1 aliphatic heterocycles. The van der Waals surface area contributed by atoms with Crippen LogP contribution < -0.4 is 0 Å². The number of aliphatic hydroxyl groups is 1. The second-order valence-electron chi connectivity index (χ2n) is 4.23. The summed E-state index contributed by atoms with van der Waals surface area (Å²) in [5.74, 6) is 0.853. The molecule has 14 heavy (non-hydrogen) atoms. The number of rotatable bonds is 2. The van der Waals surface area contributed by atoms with Gasteiger partial charge >= 0.3 is 6.18 Å². The van der Waals surface area contributed by atoms with Crippen LogP contribution in [-0.2, 0) is 0 Å². The van der Waals surface area contributed by atoms with E-state index < -0.39 is 12.3 Å². The molecule has 84 valence electrons. The van der Waals surface area contributed by atoms with E-state index in [2.05, 4.69) is 0 Å². The summed E-state index contributed by atoms with van der Waals surface area (Å²) in [5, 5.41) is 8.94. The van der Waals surface area contributed by atoms with Crippen LogP contribution in [0.3, 0.4) is 0 Å². The van der Waals surface area contributed by atoms with Gasteiger partial charge in [0.25, 0.3) is 0 Å². The highest BCUT2D eigenvalue weighted by molar-refractivity contribution is 8.00. The fraction of sp³-hybridized carbons (Fsp3) is 1.00. The molecule has 1 fully saturated rings. The largest absolute Gasteiger partial charge is 0.414 e. The van der Waals surface area contributed by atoms with E-state index in [4.69, 9.17) is 5.11 Å². The molecular weight excluding hydrogens is 213 g/mol. The maximum atomic E-state index is 12.1. The average molecular weight is 228 g/mol. The number of hydrogen-bond donors (Lipinski definition) is 1. The lowest BCUT2D eigenvalue weighted by Gasteiger charge is -2.28. The van der Waals surface area contributed by atoms with Crippen LogP contribution in [0, 0.1) is 5.92 Å². The maximum Gasteiger partial charge on any atom is 0.414 e. The molecule has 0 amide bonds. The normalized spacial score (nSPS) is 29.1. The Morgan fingerprint density at radius 1 is 1.50 bits per heavy atom. The minimum atomic E-state index is -4.47. The van der Waals surface area contributed by atoms with Crippen molar-refractivity contribution in [2.75, 3.05) is 5.75 Å². The minimum Gasteiger partial charge on any atom is -0.384 e. The Bertz CT molecular complexity index is 203. The van der Waals surface area contributed by atoms with Gasteiger partial charge in [0.15, 0.2) is 0 Å². The van der Waals surface area contributed by atoms with Crippen LogP contribution in [0.2, 0.25) is 0 Å². The molecule has 0 aromatic rings. The lowest BCUT2D eigenvalue weighted by molar-refractivity contribution is -0.208. The molecule has 1 rings (SSSR count). The summed E-state index contributed by atoms with van der Waals surface area (Å²) in [6, 6.07) is 0. The van der Waals surface area contributed by atoms with Gasteiger partial charge in [0.05, 0.1) is 0 Å². The molecule has 5 heteroatoms. The molecule has 2 atom stereocenters. The van der Waals surface area contributed by atoms with Crippen molar-refractivity contribution < 1.29 is 18.3 Å². The van der Waals surface area contributed by atoms with Gasteiger partial charge in [-0.05, 0) is 24.5 Å². The van der Waals surface area contributed by atoms with Gasteiger partial charge in [-0.1, -0.05) is 13.8 Å². The zero-order valence-corrected chi connectivity index (χ0v) is 9.08. The predicted octanol–water partition coefficient (Wildman–Crippen LogP) is 2.83. The number of hydrogen-bond acceptors (Lipinski definition) is 2. The Morgan fingerprint density at radius 2 is 2.07 bits per heavy atom. The van der Waals surface area contributed by atoms with Gasteiger partial charge in [0, 0.05) is 4.75 Å². The summed E-state index contributed by atoms with van der Waals surface area (Å²) in [5.41, 5.74) is 0. The van der Waals surface area contributed by atoms with Gasteiger partial charge < -0.3 is 5.11 Å². The highest BCUT2D eigenvalue weighted by atomic mass is 32.2. The van der Waals surface area contributed by atoms with Crippen LogP contribution in [0.15, 0.2) is 0 Å². The monoisotopic (exact) mass is 228 g/mol. The van der Waals surface area contributed by atoms with Crippen molar-refractivity contribution in [3.63, 3.8) is 0 Å². The van der Waals surface area contributed by atoms with Crippen molar-refractivity contribution in [2.24, 2.45) is 5.92 Å². The van der Waals surface area contributed by atoms with Crippen LogP contribution in [0.25, 0.3) is 0 Å². The van der Waals surface area contributed by atoms with Gasteiger partial charge in [-0.25, -0.2) is 0 Å². The summed E-state index contributed by atoms with van der Waals surface area (Å²) in [6.07, 6.45) is -6.03. The second kappa shape index (κ2) is 3.93. The third-order valence-corrected chi connectivity index (χ3v) is 4.33. The second-order valence-corrected chi connectivity index (χ2v) is 5.98. The Kier molecular flexibility index (Phi) is 3.41. The standard InChI is InChI=1S/C9H15F3OS/c1-8(2)6(3-4-14-8)5-7(13)9(10,11)12/h6-7,13H,3-5H2,1-2H3. The van der Waals surface area contributed by atoms with Crippen molar-refractivity contribution in [2.45, 2.75) is 43.7 Å². The van der Waals surface area contributed by atoms with Gasteiger partial charge in [0.1, 0.15) is 6.10 Å². The third-order valence-electron chi connectivity index (χ3n) is 2.81. The zero-order valence-electron chi connectivity index (χ0n) is 8.27. The molecule has 0 aromatic carbocycles. The van der Waals surface area contributed by atoms with Crippen molar-refractivity contribution >= 4 is 11.8 Å². The van der Waals surface area contributed by atoms with E-state index in [1.807, 2.05) is 13.8 Å². The Morgan fingerprint density at radius 3 is 2.43 bits per heavy atom. The average Bonchev–Trinajstić information content (AvgIpc) is 2.29. The SMILES string of the molecule is CC1(C)SCCC1CC(O)C(F)(F)F. The first kappa shape index (κ1) is 12.2. The Balaban J connectivity index is 2.52. The summed E-state index contributed by atoms with van der Waals surface area (Å²) in [6.45, 7) is 3.89. The molecule has 0 radical (unpaired) electrons. The molecule has 2 unspecified atom stereocenters. The maximum absolute atomic E-state index is 12.1. The van der Waals surface area contributed by atoms with Gasteiger partial charge in [-0.15, -0.1) is 0 Å². The first-order chi connectivity index (χ1) is 6.23. The Hall–Kier alpha value is 0.100. The summed E-state index contributed by atoms with van der Waals surface area (Å²) < 4.78 is 36.2. The molecule has 1 heterocycles. The zero-order chi connectivity index (χ0) is 11.0. The molecule has 1 aliphatic rings. The predicted molar refractivity (Wildman–Crippen MR) is 51.3 cm³/mol. The van der Waals surface area contributed by atoms with Gasteiger partial charge in [-0.2, -0.15) is 24.9 Å². The van der Waals surface area contributed by atoms with Crippen LogP contribution >= 0.6 is 11.8 Å². The highest BCUT2D eigenvalue weighted by Gasteiger charge is 2.44. The fourth-order valence-electron chi connectivity index (χ4n) is 1.73. The number of halogens is 3. The molecule has 0 spiro atoms. The smallest absolute Gasteiger partial charge is 0.384 e. The molecule has 0 saturated carbocycles. The van der Waals surface area contributed by atoms with Crippen LogP contribution in [0.5, 0.6) is 0 Å². The van der Waals surface area contributed by atoms with E-state index in [9.17, 15) is 13.2 Å². The van der Waals surface area contributed by atoms with Gasteiger partial charge in [0.2, 0.25) is 0 Å². The quantitative estimate of drug-likeness (QED) is 0.784. The van der Waals surface area contributed by atoms with E-state index in [1.165, 1.54) is 0 Å². The van der Waals surface area contributed by atoms with Crippen LogP contribution in [0.1, 0.15) is 26.7 Å². The van der Waals surface area contributed by atoms with E-state index >= 15 is 0 Å². The minimum absolute atomic E-state index is 0.0378. The van der Waals surface area contributed by atoms with Crippen molar-refractivity contribution in [3.05, 3.63) is 0 Å². The molecule has 0 bridgehead atoms. The molecule has 1 nitrogen and oxygen atoms in total. The van der Waals surface area contributed by atoms with E-state index in [0.717, 1.165) is 12.2 Å². The van der Waals surface area contributed by atoms with Crippen molar-refractivity contribution in [3.8, 4) is 0 Å². The molecule has 0 aromatic heterocycles.